The van der Waals surface area contributed by atoms with Crippen molar-refractivity contribution < 1.29 is 0 Å². The van der Waals surface area contributed by atoms with Gasteiger partial charge in [-0.1, -0.05) is 140 Å². The zero-order chi connectivity index (χ0) is 35.3. The van der Waals surface area contributed by atoms with Gasteiger partial charge in [0.2, 0.25) is 0 Å². The lowest BCUT2D eigenvalue weighted by Gasteiger charge is -2.13. The molecule has 1 aliphatic carbocycles. The molecular formula is C52H32N2. The van der Waals surface area contributed by atoms with E-state index in [2.05, 4.69) is 203 Å². The fourth-order valence-corrected chi connectivity index (χ4v) is 9.26. The van der Waals surface area contributed by atoms with E-state index in [-0.39, 0.29) is 0 Å². The van der Waals surface area contributed by atoms with E-state index in [1.165, 1.54) is 105 Å². The molecule has 0 aliphatic heterocycles. The van der Waals surface area contributed by atoms with Crippen molar-refractivity contribution in [1.82, 2.24) is 9.13 Å². The number of fused-ring (bicyclic) bond motifs is 9. The largest absolute Gasteiger partial charge is 0.309 e. The van der Waals surface area contributed by atoms with Crippen molar-refractivity contribution in [3.8, 4) is 55.9 Å². The van der Waals surface area contributed by atoms with Gasteiger partial charge in [0.15, 0.2) is 0 Å². The smallest absolute Gasteiger partial charge is 0.0541 e. The number of para-hydroxylation sites is 2. The van der Waals surface area contributed by atoms with Crippen molar-refractivity contribution in [2.45, 2.75) is 0 Å². The summed E-state index contributed by atoms with van der Waals surface area (Å²) in [5, 5.41) is 7.66. The fourth-order valence-electron chi connectivity index (χ4n) is 9.26. The van der Waals surface area contributed by atoms with Crippen LogP contribution in [-0.2, 0) is 0 Å². The maximum Gasteiger partial charge on any atom is 0.0541 e. The minimum absolute atomic E-state index is 1.16. The first kappa shape index (κ1) is 29.4. The molecule has 0 spiro atoms. The predicted octanol–water partition coefficient (Wildman–Crippen LogP) is 14.0. The number of rotatable bonds is 4. The van der Waals surface area contributed by atoms with Crippen molar-refractivity contribution in [1.29, 1.82) is 0 Å². The van der Waals surface area contributed by atoms with Gasteiger partial charge in [0.25, 0.3) is 0 Å². The molecule has 9 aromatic carbocycles. The van der Waals surface area contributed by atoms with Crippen LogP contribution in [0.4, 0.5) is 0 Å². The summed E-state index contributed by atoms with van der Waals surface area (Å²) in [6.45, 7) is 0. The Morgan fingerprint density at radius 2 is 0.741 bits per heavy atom. The average molecular weight is 685 g/mol. The lowest BCUT2D eigenvalue weighted by atomic mass is 10.0. The summed E-state index contributed by atoms with van der Waals surface area (Å²) in [7, 11) is 0. The summed E-state index contributed by atoms with van der Waals surface area (Å²) in [6.07, 6.45) is 0. The Labute approximate surface area is 312 Å². The molecule has 250 valence electrons. The summed E-state index contributed by atoms with van der Waals surface area (Å²) in [6, 6.07) is 71.4. The first-order valence-corrected chi connectivity index (χ1v) is 18.7. The standard InChI is InChI=1S/C52H32N2/c1-2-11-33(12-3-1)34-21-25-37(26-22-34)53-47-19-8-6-15-40(47)45-31-35(23-28-50(45)53)36-24-29-51-46(32-36)41-16-7-9-20-48(41)54(51)49-30-27-43-39-14-5-4-13-38(39)42-17-10-18-44(49)52(42)43/h1-32H. The number of benzene rings is 9. The van der Waals surface area contributed by atoms with Gasteiger partial charge in [-0.05, 0) is 104 Å². The Morgan fingerprint density at radius 1 is 0.259 bits per heavy atom. The SMILES string of the molecule is c1ccc(-c2ccc(-n3c4ccccc4c4cc(-c5ccc6c(c5)c5ccccc5n6-c5ccc6c7c(cccc57)-c5ccccc5-6)ccc43)cc2)cc1. The van der Waals surface area contributed by atoms with Crippen LogP contribution in [-0.4, -0.2) is 9.13 Å². The average Bonchev–Trinajstić information content (AvgIpc) is 3.88. The molecule has 2 heteroatoms. The number of nitrogens with zero attached hydrogens (tertiary/aromatic N) is 2. The van der Waals surface area contributed by atoms with Gasteiger partial charge in [0.1, 0.15) is 0 Å². The van der Waals surface area contributed by atoms with E-state index in [0.29, 0.717) is 0 Å². The molecule has 2 heterocycles. The summed E-state index contributed by atoms with van der Waals surface area (Å²) >= 11 is 0. The molecular weight excluding hydrogens is 653 g/mol. The molecule has 12 rings (SSSR count). The van der Waals surface area contributed by atoms with Gasteiger partial charge in [-0.3, -0.25) is 0 Å². The third kappa shape index (κ3) is 4.11. The maximum absolute atomic E-state index is 2.47. The Hall–Kier alpha value is -7.16. The molecule has 0 radical (unpaired) electrons. The van der Waals surface area contributed by atoms with E-state index in [9.17, 15) is 0 Å². The number of hydrogen-bond donors (Lipinski definition) is 0. The molecule has 0 N–H and O–H groups in total. The Balaban J connectivity index is 1.01. The van der Waals surface area contributed by atoms with E-state index in [1.807, 2.05) is 0 Å². The van der Waals surface area contributed by atoms with Crippen LogP contribution in [0.1, 0.15) is 0 Å². The molecule has 0 atom stereocenters. The van der Waals surface area contributed by atoms with Gasteiger partial charge < -0.3 is 9.13 Å². The van der Waals surface area contributed by atoms with Crippen LogP contribution < -0.4 is 0 Å². The first-order chi connectivity index (χ1) is 26.8. The first-order valence-electron chi connectivity index (χ1n) is 18.7. The van der Waals surface area contributed by atoms with Crippen molar-refractivity contribution >= 4 is 54.4 Å². The molecule has 2 aromatic heterocycles. The minimum atomic E-state index is 1.16. The number of aromatic nitrogens is 2. The molecule has 0 saturated heterocycles. The van der Waals surface area contributed by atoms with Crippen molar-refractivity contribution in [3.05, 3.63) is 194 Å². The van der Waals surface area contributed by atoms with Crippen molar-refractivity contribution in [3.63, 3.8) is 0 Å². The molecule has 0 unspecified atom stereocenters. The molecule has 54 heavy (non-hydrogen) atoms. The van der Waals surface area contributed by atoms with Gasteiger partial charge in [-0.2, -0.15) is 0 Å². The van der Waals surface area contributed by atoms with Crippen LogP contribution in [0.25, 0.3) is 110 Å². The fraction of sp³-hybridized carbons (Fsp3) is 0. The zero-order valence-corrected chi connectivity index (χ0v) is 29.4. The molecule has 1 aliphatic rings. The molecule has 2 nitrogen and oxygen atoms in total. The normalized spacial score (nSPS) is 12.1. The maximum atomic E-state index is 2.47. The second kappa shape index (κ2) is 11.2. The molecule has 0 bridgehead atoms. The summed E-state index contributed by atoms with van der Waals surface area (Å²) in [5.74, 6) is 0. The van der Waals surface area contributed by atoms with Crippen molar-refractivity contribution in [2.24, 2.45) is 0 Å². The molecule has 11 aromatic rings. The van der Waals surface area contributed by atoms with E-state index in [1.54, 1.807) is 0 Å². The highest BCUT2D eigenvalue weighted by atomic mass is 15.0. The third-order valence-electron chi connectivity index (χ3n) is 11.7. The van der Waals surface area contributed by atoms with E-state index < -0.39 is 0 Å². The number of hydrogen-bond acceptors (Lipinski definition) is 0. The highest BCUT2D eigenvalue weighted by Gasteiger charge is 2.24. The highest BCUT2D eigenvalue weighted by molar-refractivity contribution is 6.19. The lowest BCUT2D eigenvalue weighted by Crippen LogP contribution is -1.95. The van der Waals surface area contributed by atoms with Crippen LogP contribution in [0, 0.1) is 0 Å². The zero-order valence-electron chi connectivity index (χ0n) is 29.4. The summed E-state index contributed by atoms with van der Waals surface area (Å²) in [4.78, 5) is 0. The second-order valence-electron chi connectivity index (χ2n) is 14.5. The Bertz CT molecular complexity index is 3280. The molecule has 0 saturated carbocycles. The van der Waals surface area contributed by atoms with Crippen molar-refractivity contribution in [2.75, 3.05) is 0 Å². The van der Waals surface area contributed by atoms with Crippen LogP contribution in [0.3, 0.4) is 0 Å². The highest BCUT2D eigenvalue weighted by Crippen LogP contribution is 2.49. The van der Waals surface area contributed by atoms with Crippen LogP contribution >= 0.6 is 0 Å². The Kier molecular flexibility index (Phi) is 6.09. The monoisotopic (exact) mass is 684 g/mol. The van der Waals surface area contributed by atoms with Gasteiger partial charge >= 0.3 is 0 Å². The van der Waals surface area contributed by atoms with Gasteiger partial charge in [-0.15, -0.1) is 0 Å². The van der Waals surface area contributed by atoms with Crippen LogP contribution in [0.2, 0.25) is 0 Å². The van der Waals surface area contributed by atoms with E-state index in [0.717, 1.165) is 5.69 Å². The Morgan fingerprint density at radius 3 is 1.43 bits per heavy atom. The lowest BCUT2D eigenvalue weighted by molar-refractivity contribution is 1.18. The van der Waals surface area contributed by atoms with E-state index >= 15 is 0 Å². The molecule has 0 fully saturated rings. The summed E-state index contributed by atoms with van der Waals surface area (Å²) < 4.78 is 4.87. The summed E-state index contributed by atoms with van der Waals surface area (Å²) in [5.41, 5.74) is 17.4. The quantitative estimate of drug-likeness (QED) is 0.175. The second-order valence-corrected chi connectivity index (χ2v) is 14.5. The molecule has 0 amide bonds. The minimum Gasteiger partial charge on any atom is -0.309 e. The van der Waals surface area contributed by atoms with Gasteiger partial charge in [0, 0.05) is 32.6 Å². The van der Waals surface area contributed by atoms with Crippen LogP contribution in [0.5, 0.6) is 0 Å². The topological polar surface area (TPSA) is 9.86 Å². The third-order valence-corrected chi connectivity index (χ3v) is 11.7. The predicted molar refractivity (Wildman–Crippen MR) is 228 cm³/mol. The van der Waals surface area contributed by atoms with Gasteiger partial charge in [-0.25, -0.2) is 0 Å². The van der Waals surface area contributed by atoms with E-state index in [4.69, 9.17) is 0 Å². The van der Waals surface area contributed by atoms with Crippen LogP contribution in [0.15, 0.2) is 194 Å². The van der Waals surface area contributed by atoms with Gasteiger partial charge in [0.05, 0.1) is 27.8 Å².